The largest absolute Gasteiger partial charge is 0.314 e. The maximum atomic E-state index is 4.15. The van der Waals surface area contributed by atoms with Crippen molar-refractivity contribution in [2.24, 2.45) is 0 Å². The maximum Gasteiger partial charge on any atom is 0.170 e. The lowest BCUT2D eigenvalue weighted by Gasteiger charge is -2.26. The summed E-state index contributed by atoms with van der Waals surface area (Å²) in [5.74, 6) is 0.869. The molecule has 1 fully saturated rings. The Balaban J connectivity index is 1.84. The average molecular weight is 323 g/mol. The summed E-state index contributed by atoms with van der Waals surface area (Å²) in [5.41, 5.74) is 0.970. The van der Waals surface area contributed by atoms with E-state index in [0.29, 0.717) is 0 Å². The topological polar surface area (TPSA) is 58.9 Å². The van der Waals surface area contributed by atoms with E-state index in [1.807, 2.05) is 24.3 Å². The molecule has 6 nitrogen and oxygen atoms in total. The Hall–Kier alpha value is -1.31. The van der Waals surface area contributed by atoms with Crippen molar-refractivity contribution in [3.8, 4) is 5.69 Å². The number of aromatic nitrogens is 4. The molecule has 7 heteroatoms. The molecule has 1 aliphatic heterocycles. The van der Waals surface area contributed by atoms with Crippen molar-refractivity contribution in [1.82, 2.24) is 30.4 Å². The van der Waals surface area contributed by atoms with Crippen LogP contribution in [0.1, 0.15) is 5.82 Å². The van der Waals surface area contributed by atoms with E-state index in [-0.39, 0.29) is 0 Å². The molecule has 1 aromatic carbocycles. The third-order valence-corrected chi connectivity index (χ3v) is 3.86. The number of nitrogens with one attached hydrogen (secondary N) is 1. The van der Waals surface area contributed by atoms with Crippen molar-refractivity contribution in [2.75, 3.05) is 26.2 Å². The van der Waals surface area contributed by atoms with Gasteiger partial charge in [0.2, 0.25) is 0 Å². The van der Waals surface area contributed by atoms with Crippen LogP contribution in [0.5, 0.6) is 0 Å². The third-order valence-electron chi connectivity index (χ3n) is 3.19. The molecule has 3 rings (SSSR count). The van der Waals surface area contributed by atoms with Gasteiger partial charge in [0.05, 0.1) is 12.2 Å². The first-order chi connectivity index (χ1) is 9.34. The van der Waals surface area contributed by atoms with Crippen molar-refractivity contribution in [2.45, 2.75) is 6.54 Å². The summed E-state index contributed by atoms with van der Waals surface area (Å²) in [4.78, 5) is 2.36. The molecule has 100 valence electrons. The molecule has 0 atom stereocenters. The fourth-order valence-electron chi connectivity index (χ4n) is 2.18. The smallest absolute Gasteiger partial charge is 0.170 e. The van der Waals surface area contributed by atoms with Gasteiger partial charge >= 0.3 is 0 Å². The van der Waals surface area contributed by atoms with Gasteiger partial charge in [0.15, 0.2) is 5.82 Å². The monoisotopic (exact) mass is 322 g/mol. The second-order valence-corrected chi connectivity index (χ2v) is 5.34. The second-order valence-electron chi connectivity index (χ2n) is 4.48. The van der Waals surface area contributed by atoms with Crippen LogP contribution >= 0.6 is 15.9 Å². The average Bonchev–Trinajstić information content (AvgIpc) is 2.88. The van der Waals surface area contributed by atoms with Crippen molar-refractivity contribution in [3.63, 3.8) is 0 Å². The first-order valence-electron chi connectivity index (χ1n) is 6.30. The van der Waals surface area contributed by atoms with Gasteiger partial charge in [0.1, 0.15) is 0 Å². The van der Waals surface area contributed by atoms with Crippen molar-refractivity contribution < 1.29 is 0 Å². The molecular formula is C12H15BrN6. The van der Waals surface area contributed by atoms with Crippen LogP contribution in [0.25, 0.3) is 5.69 Å². The Bertz CT molecular complexity index is 549. The molecule has 1 aromatic heterocycles. The highest BCUT2D eigenvalue weighted by molar-refractivity contribution is 9.10. The van der Waals surface area contributed by atoms with E-state index in [1.165, 1.54) is 0 Å². The number of nitrogens with zero attached hydrogens (tertiary/aromatic N) is 5. The summed E-state index contributed by atoms with van der Waals surface area (Å²) < 4.78 is 2.79. The van der Waals surface area contributed by atoms with Gasteiger partial charge in [-0.3, -0.25) is 4.90 Å². The maximum absolute atomic E-state index is 4.15. The molecule has 1 N–H and O–H groups in total. The summed E-state index contributed by atoms with van der Waals surface area (Å²) in [5, 5.41) is 15.4. The zero-order valence-electron chi connectivity index (χ0n) is 10.5. The van der Waals surface area contributed by atoms with E-state index in [9.17, 15) is 0 Å². The van der Waals surface area contributed by atoms with Crippen LogP contribution in [-0.4, -0.2) is 51.3 Å². The Morgan fingerprint density at radius 1 is 1.21 bits per heavy atom. The molecule has 0 spiro atoms. The number of hydrogen-bond donors (Lipinski definition) is 1. The number of benzene rings is 1. The Labute approximate surface area is 119 Å². The van der Waals surface area contributed by atoms with Crippen LogP contribution in [0.3, 0.4) is 0 Å². The number of halogens is 1. The highest BCUT2D eigenvalue weighted by atomic mass is 79.9. The molecular weight excluding hydrogens is 308 g/mol. The highest BCUT2D eigenvalue weighted by Crippen LogP contribution is 2.20. The van der Waals surface area contributed by atoms with E-state index >= 15 is 0 Å². The molecule has 0 aliphatic carbocycles. The van der Waals surface area contributed by atoms with Gasteiger partial charge in [-0.05, 0) is 38.5 Å². The van der Waals surface area contributed by atoms with E-state index in [4.69, 9.17) is 0 Å². The summed E-state index contributed by atoms with van der Waals surface area (Å²) in [6.45, 7) is 4.88. The summed E-state index contributed by atoms with van der Waals surface area (Å²) in [6, 6.07) is 7.96. The minimum absolute atomic E-state index is 0.774. The van der Waals surface area contributed by atoms with Gasteiger partial charge in [0.25, 0.3) is 0 Å². The standard InChI is InChI=1S/C12H15BrN6/c13-10-3-1-2-4-11(10)19-12(15-16-17-19)9-18-7-5-14-6-8-18/h1-4,14H,5-9H2. The minimum atomic E-state index is 0.774. The molecule has 0 amide bonds. The predicted molar refractivity (Wildman–Crippen MR) is 75.0 cm³/mol. The third kappa shape index (κ3) is 2.83. The molecule has 0 saturated carbocycles. The first kappa shape index (κ1) is 12.7. The van der Waals surface area contributed by atoms with Gasteiger partial charge in [-0.2, -0.15) is 4.68 Å². The molecule has 1 saturated heterocycles. The highest BCUT2D eigenvalue weighted by Gasteiger charge is 2.16. The van der Waals surface area contributed by atoms with Gasteiger partial charge in [-0.1, -0.05) is 12.1 Å². The number of tetrazole rings is 1. The van der Waals surface area contributed by atoms with Crippen molar-refractivity contribution >= 4 is 15.9 Å². The molecule has 0 unspecified atom stereocenters. The molecule has 1 aliphatic rings. The molecule has 19 heavy (non-hydrogen) atoms. The number of hydrogen-bond acceptors (Lipinski definition) is 5. The van der Waals surface area contributed by atoms with Gasteiger partial charge in [-0.25, -0.2) is 0 Å². The van der Waals surface area contributed by atoms with Crippen LogP contribution in [-0.2, 0) is 6.54 Å². The Kier molecular flexibility index (Phi) is 3.86. The van der Waals surface area contributed by atoms with Crippen LogP contribution in [0.4, 0.5) is 0 Å². The van der Waals surface area contributed by atoms with E-state index in [1.54, 1.807) is 4.68 Å². The fraction of sp³-hybridized carbons (Fsp3) is 0.417. The SMILES string of the molecule is Brc1ccccc1-n1nnnc1CN1CCNCC1. The Morgan fingerprint density at radius 3 is 2.79 bits per heavy atom. The molecule has 0 bridgehead atoms. The number of piperazine rings is 1. The first-order valence-corrected chi connectivity index (χ1v) is 7.09. The minimum Gasteiger partial charge on any atom is -0.314 e. The van der Waals surface area contributed by atoms with E-state index in [2.05, 4.69) is 41.7 Å². The zero-order chi connectivity index (χ0) is 13.1. The lowest BCUT2D eigenvalue weighted by atomic mass is 10.3. The van der Waals surface area contributed by atoms with E-state index < -0.39 is 0 Å². The van der Waals surface area contributed by atoms with Crippen molar-refractivity contribution in [1.29, 1.82) is 0 Å². The predicted octanol–water partition coefficient (Wildman–Crippen LogP) is 0.830. The van der Waals surface area contributed by atoms with E-state index in [0.717, 1.165) is 48.7 Å². The lowest BCUT2D eigenvalue weighted by molar-refractivity contribution is 0.226. The number of para-hydroxylation sites is 1. The van der Waals surface area contributed by atoms with Crippen LogP contribution < -0.4 is 5.32 Å². The van der Waals surface area contributed by atoms with Crippen LogP contribution in [0.15, 0.2) is 28.7 Å². The van der Waals surface area contributed by atoms with Crippen LogP contribution in [0, 0.1) is 0 Å². The summed E-state index contributed by atoms with van der Waals surface area (Å²) >= 11 is 3.54. The summed E-state index contributed by atoms with van der Waals surface area (Å²) in [7, 11) is 0. The molecule has 0 radical (unpaired) electrons. The quantitative estimate of drug-likeness (QED) is 0.907. The second kappa shape index (κ2) is 5.77. The Morgan fingerprint density at radius 2 is 2.00 bits per heavy atom. The normalized spacial score (nSPS) is 16.7. The van der Waals surface area contributed by atoms with Crippen LogP contribution in [0.2, 0.25) is 0 Å². The zero-order valence-corrected chi connectivity index (χ0v) is 12.0. The summed E-state index contributed by atoms with van der Waals surface area (Å²) in [6.07, 6.45) is 0. The fourth-order valence-corrected chi connectivity index (χ4v) is 2.64. The van der Waals surface area contributed by atoms with Gasteiger partial charge < -0.3 is 5.32 Å². The molecule has 2 aromatic rings. The van der Waals surface area contributed by atoms with Crippen molar-refractivity contribution in [3.05, 3.63) is 34.6 Å². The van der Waals surface area contributed by atoms with Gasteiger partial charge in [0, 0.05) is 30.7 Å². The molecule has 2 heterocycles. The van der Waals surface area contributed by atoms with Gasteiger partial charge in [-0.15, -0.1) is 5.10 Å². The lowest BCUT2D eigenvalue weighted by Crippen LogP contribution is -2.43. The number of rotatable bonds is 3.